The first-order chi connectivity index (χ1) is 12.5. The molecule has 3 rings (SSSR count). The quantitative estimate of drug-likeness (QED) is 0.831. The first kappa shape index (κ1) is 18.3. The Kier molecular flexibility index (Phi) is 5.53. The van der Waals surface area contributed by atoms with Crippen molar-refractivity contribution in [2.24, 2.45) is 0 Å². The zero-order chi connectivity index (χ0) is 18.6. The van der Waals surface area contributed by atoms with Crippen molar-refractivity contribution in [3.8, 4) is 11.5 Å². The SMILES string of the molecule is COc1ccc(S(=O)(=O)Nc2cccc(N3CCOCC3)c2)c(OC)c1. The lowest BCUT2D eigenvalue weighted by molar-refractivity contribution is 0.122. The van der Waals surface area contributed by atoms with E-state index in [-0.39, 0.29) is 10.6 Å². The van der Waals surface area contributed by atoms with Gasteiger partial charge in [-0.15, -0.1) is 0 Å². The second-order valence-corrected chi connectivity index (χ2v) is 7.42. The predicted molar refractivity (Wildman–Crippen MR) is 99.8 cm³/mol. The normalized spacial score (nSPS) is 14.8. The molecule has 1 aliphatic heterocycles. The molecule has 0 unspecified atom stereocenters. The van der Waals surface area contributed by atoms with E-state index < -0.39 is 10.0 Å². The molecular weight excluding hydrogens is 356 g/mol. The number of benzene rings is 2. The maximum absolute atomic E-state index is 12.8. The zero-order valence-corrected chi connectivity index (χ0v) is 15.6. The van der Waals surface area contributed by atoms with Gasteiger partial charge in [0.2, 0.25) is 0 Å². The van der Waals surface area contributed by atoms with Gasteiger partial charge in [0.15, 0.2) is 0 Å². The predicted octanol–water partition coefficient (Wildman–Crippen LogP) is 2.34. The third-order valence-electron chi connectivity index (χ3n) is 4.13. The number of anilines is 2. The maximum atomic E-state index is 12.8. The van der Waals surface area contributed by atoms with Crippen LogP contribution in [0.2, 0.25) is 0 Å². The van der Waals surface area contributed by atoms with Crippen LogP contribution >= 0.6 is 0 Å². The summed E-state index contributed by atoms with van der Waals surface area (Å²) in [6.45, 7) is 2.89. The van der Waals surface area contributed by atoms with Crippen LogP contribution in [-0.2, 0) is 14.8 Å². The Morgan fingerprint density at radius 1 is 1.04 bits per heavy atom. The minimum atomic E-state index is -3.80. The van der Waals surface area contributed by atoms with E-state index in [0.29, 0.717) is 24.7 Å². The molecule has 2 aromatic rings. The Morgan fingerprint density at radius 2 is 1.81 bits per heavy atom. The van der Waals surface area contributed by atoms with Gasteiger partial charge in [-0.05, 0) is 30.3 Å². The largest absolute Gasteiger partial charge is 0.497 e. The van der Waals surface area contributed by atoms with Gasteiger partial charge in [0.1, 0.15) is 16.4 Å². The van der Waals surface area contributed by atoms with Gasteiger partial charge in [-0.3, -0.25) is 4.72 Å². The van der Waals surface area contributed by atoms with Gasteiger partial charge < -0.3 is 19.1 Å². The molecule has 1 fully saturated rings. The maximum Gasteiger partial charge on any atom is 0.265 e. The van der Waals surface area contributed by atoms with Gasteiger partial charge in [0.05, 0.1) is 33.1 Å². The summed E-state index contributed by atoms with van der Waals surface area (Å²) < 4.78 is 43.9. The molecule has 7 nitrogen and oxygen atoms in total. The topological polar surface area (TPSA) is 77.1 Å². The minimum absolute atomic E-state index is 0.0533. The molecule has 1 aliphatic rings. The Labute approximate surface area is 153 Å². The van der Waals surface area contributed by atoms with Gasteiger partial charge in [0, 0.05) is 24.8 Å². The van der Waals surface area contributed by atoms with Gasteiger partial charge in [-0.1, -0.05) is 6.07 Å². The average molecular weight is 378 g/mol. The number of rotatable bonds is 6. The first-order valence-corrected chi connectivity index (χ1v) is 9.69. The molecule has 0 amide bonds. The molecular formula is C18H22N2O5S. The van der Waals surface area contributed by atoms with Crippen LogP contribution < -0.4 is 19.1 Å². The molecule has 26 heavy (non-hydrogen) atoms. The van der Waals surface area contributed by atoms with Gasteiger partial charge >= 0.3 is 0 Å². The summed E-state index contributed by atoms with van der Waals surface area (Å²) in [6.07, 6.45) is 0. The van der Waals surface area contributed by atoms with Crippen molar-refractivity contribution in [1.29, 1.82) is 0 Å². The molecule has 1 N–H and O–H groups in total. The Morgan fingerprint density at radius 3 is 2.50 bits per heavy atom. The van der Waals surface area contributed by atoms with Crippen molar-refractivity contribution in [2.75, 3.05) is 50.1 Å². The van der Waals surface area contributed by atoms with Crippen LogP contribution in [0.4, 0.5) is 11.4 Å². The van der Waals surface area contributed by atoms with E-state index in [1.165, 1.54) is 20.3 Å². The van der Waals surface area contributed by atoms with Crippen LogP contribution in [0.1, 0.15) is 0 Å². The number of hydrogen-bond donors (Lipinski definition) is 1. The summed E-state index contributed by atoms with van der Waals surface area (Å²) in [5, 5.41) is 0. The van der Waals surface area contributed by atoms with E-state index >= 15 is 0 Å². The summed E-state index contributed by atoms with van der Waals surface area (Å²) >= 11 is 0. The van der Waals surface area contributed by atoms with E-state index in [0.717, 1.165) is 18.8 Å². The van der Waals surface area contributed by atoms with E-state index in [2.05, 4.69) is 9.62 Å². The van der Waals surface area contributed by atoms with Crippen molar-refractivity contribution in [2.45, 2.75) is 4.90 Å². The molecule has 0 saturated carbocycles. The average Bonchev–Trinajstić information content (AvgIpc) is 2.68. The molecule has 0 bridgehead atoms. The van der Waals surface area contributed by atoms with Crippen LogP contribution in [0.25, 0.3) is 0 Å². The second-order valence-electron chi connectivity index (χ2n) is 5.77. The molecule has 0 atom stereocenters. The van der Waals surface area contributed by atoms with Crippen molar-refractivity contribution in [1.82, 2.24) is 0 Å². The van der Waals surface area contributed by atoms with Crippen LogP contribution in [0.5, 0.6) is 11.5 Å². The molecule has 8 heteroatoms. The van der Waals surface area contributed by atoms with Gasteiger partial charge in [0.25, 0.3) is 10.0 Å². The zero-order valence-electron chi connectivity index (χ0n) is 14.8. The molecule has 140 valence electrons. The Balaban J connectivity index is 1.86. The number of nitrogens with one attached hydrogen (secondary N) is 1. The summed E-state index contributed by atoms with van der Waals surface area (Å²) in [4.78, 5) is 2.22. The number of hydrogen-bond acceptors (Lipinski definition) is 6. The van der Waals surface area contributed by atoms with E-state index in [9.17, 15) is 8.42 Å². The van der Waals surface area contributed by atoms with Gasteiger partial charge in [-0.2, -0.15) is 0 Å². The lowest BCUT2D eigenvalue weighted by atomic mass is 10.2. The summed E-state index contributed by atoms with van der Waals surface area (Å²) in [7, 11) is -0.867. The van der Waals surface area contributed by atoms with Crippen molar-refractivity contribution >= 4 is 21.4 Å². The van der Waals surface area contributed by atoms with Crippen LogP contribution in [0.15, 0.2) is 47.4 Å². The first-order valence-electron chi connectivity index (χ1n) is 8.21. The highest BCUT2D eigenvalue weighted by atomic mass is 32.2. The number of ether oxygens (including phenoxy) is 3. The fourth-order valence-corrected chi connectivity index (χ4v) is 4.00. The van der Waals surface area contributed by atoms with Gasteiger partial charge in [-0.25, -0.2) is 8.42 Å². The van der Waals surface area contributed by atoms with Crippen LogP contribution in [0.3, 0.4) is 0 Å². The molecule has 0 radical (unpaired) electrons. The molecule has 1 saturated heterocycles. The fourth-order valence-electron chi connectivity index (χ4n) is 2.79. The minimum Gasteiger partial charge on any atom is -0.497 e. The lowest BCUT2D eigenvalue weighted by Gasteiger charge is -2.29. The summed E-state index contributed by atoms with van der Waals surface area (Å²) in [5.74, 6) is 0.747. The van der Waals surface area contributed by atoms with E-state index in [4.69, 9.17) is 14.2 Å². The van der Waals surface area contributed by atoms with Crippen molar-refractivity contribution in [3.63, 3.8) is 0 Å². The Bertz CT molecular complexity index is 864. The lowest BCUT2D eigenvalue weighted by Crippen LogP contribution is -2.36. The molecule has 0 spiro atoms. The van der Waals surface area contributed by atoms with Crippen LogP contribution in [0, 0.1) is 0 Å². The highest BCUT2D eigenvalue weighted by Crippen LogP contribution is 2.30. The molecule has 1 heterocycles. The Hall–Kier alpha value is -2.45. The number of nitrogens with zero attached hydrogens (tertiary/aromatic N) is 1. The van der Waals surface area contributed by atoms with Crippen molar-refractivity contribution < 1.29 is 22.6 Å². The molecule has 0 aromatic heterocycles. The highest BCUT2D eigenvalue weighted by molar-refractivity contribution is 7.92. The number of morpholine rings is 1. The number of methoxy groups -OCH3 is 2. The third-order valence-corrected chi connectivity index (χ3v) is 5.56. The van der Waals surface area contributed by atoms with Crippen molar-refractivity contribution in [3.05, 3.63) is 42.5 Å². The number of sulfonamides is 1. The fraction of sp³-hybridized carbons (Fsp3) is 0.333. The summed E-state index contributed by atoms with van der Waals surface area (Å²) in [5.41, 5.74) is 1.45. The van der Waals surface area contributed by atoms with E-state index in [1.54, 1.807) is 18.2 Å². The monoisotopic (exact) mass is 378 g/mol. The van der Waals surface area contributed by atoms with E-state index in [1.807, 2.05) is 18.2 Å². The standard InChI is InChI=1S/C18H22N2O5S/c1-23-16-6-7-18(17(13-16)24-2)26(21,22)19-14-4-3-5-15(12-14)20-8-10-25-11-9-20/h3-7,12-13,19H,8-11H2,1-2H3. The molecule has 0 aliphatic carbocycles. The second kappa shape index (κ2) is 7.84. The van der Waals surface area contributed by atoms with Crippen LogP contribution in [-0.4, -0.2) is 48.9 Å². The third kappa shape index (κ3) is 4.03. The smallest absolute Gasteiger partial charge is 0.265 e. The highest BCUT2D eigenvalue weighted by Gasteiger charge is 2.21. The summed E-state index contributed by atoms with van der Waals surface area (Å²) in [6, 6.07) is 11.9. The molecule has 2 aromatic carbocycles.